The Morgan fingerprint density at radius 3 is 2.47 bits per heavy atom. The van der Waals surface area contributed by atoms with Crippen molar-refractivity contribution in [1.29, 1.82) is 0 Å². The van der Waals surface area contributed by atoms with Crippen LogP contribution in [-0.2, 0) is 25.4 Å². The second kappa shape index (κ2) is 10.6. The summed E-state index contributed by atoms with van der Waals surface area (Å²) in [6.45, 7) is 13.8. The topological polar surface area (TPSA) is 86.1 Å². The molecule has 2 heterocycles. The van der Waals surface area contributed by atoms with Gasteiger partial charge in [0.15, 0.2) is 6.61 Å². The van der Waals surface area contributed by atoms with Crippen LogP contribution in [0.25, 0.3) is 11.1 Å². The SMILES string of the molecule is CC(=O)OCCON=C1CN(c2ncc(-c3cccc(CO[Si-](C)(C)C(C)(C)C)c3F)cn2)C1. The molecule has 34 heavy (non-hydrogen) atoms. The molecule has 0 aliphatic carbocycles. The van der Waals surface area contributed by atoms with Crippen LogP contribution in [0.2, 0.25) is 18.1 Å². The van der Waals surface area contributed by atoms with Crippen LogP contribution in [0, 0.1) is 5.82 Å². The maximum absolute atomic E-state index is 15.2. The van der Waals surface area contributed by atoms with Gasteiger partial charge in [0.05, 0.1) is 18.8 Å². The van der Waals surface area contributed by atoms with Crippen LogP contribution in [0.5, 0.6) is 0 Å². The summed E-state index contributed by atoms with van der Waals surface area (Å²) in [6.07, 6.45) is 3.26. The largest absolute Gasteiger partial charge is 0.561 e. The summed E-state index contributed by atoms with van der Waals surface area (Å²) >= 11 is 0. The van der Waals surface area contributed by atoms with E-state index in [1.165, 1.54) is 6.92 Å². The summed E-state index contributed by atoms with van der Waals surface area (Å²) in [5, 5.41) is 4.07. The van der Waals surface area contributed by atoms with Gasteiger partial charge in [-0.2, -0.15) is 0 Å². The molecule has 0 saturated carbocycles. The number of carbonyl (C=O) groups is 1. The minimum absolute atomic E-state index is 0.0578. The van der Waals surface area contributed by atoms with Crippen molar-refractivity contribution in [3.8, 4) is 11.1 Å². The Hall–Kier alpha value is -2.85. The zero-order chi connectivity index (χ0) is 24.9. The molecular formula is C24H33FN4O4Si-. The number of hydrogen-bond donors (Lipinski definition) is 0. The molecule has 0 radical (unpaired) electrons. The van der Waals surface area contributed by atoms with Gasteiger partial charge in [-0.1, -0.05) is 44.1 Å². The first-order valence-electron chi connectivity index (χ1n) is 11.3. The zero-order valence-corrected chi connectivity index (χ0v) is 21.7. The highest BCUT2D eigenvalue weighted by Crippen LogP contribution is 2.37. The van der Waals surface area contributed by atoms with E-state index in [1.54, 1.807) is 24.5 Å². The second-order valence-corrected chi connectivity index (χ2v) is 14.6. The quantitative estimate of drug-likeness (QED) is 0.221. The maximum atomic E-state index is 15.2. The van der Waals surface area contributed by atoms with Gasteiger partial charge in [-0.3, -0.25) is 4.79 Å². The van der Waals surface area contributed by atoms with Crippen molar-refractivity contribution < 1.29 is 23.2 Å². The summed E-state index contributed by atoms with van der Waals surface area (Å²) in [5.41, 5.74) is 2.44. The van der Waals surface area contributed by atoms with Crippen LogP contribution in [0.1, 0.15) is 33.3 Å². The highest BCUT2D eigenvalue weighted by Gasteiger charge is 2.26. The molecule has 10 heteroatoms. The van der Waals surface area contributed by atoms with Gasteiger partial charge >= 0.3 is 5.97 Å². The molecular weight excluding hydrogens is 455 g/mol. The van der Waals surface area contributed by atoms with Crippen LogP contribution in [0.15, 0.2) is 35.7 Å². The molecule has 1 aromatic carbocycles. The molecule has 1 fully saturated rings. The fraction of sp³-hybridized carbons (Fsp3) is 0.500. The summed E-state index contributed by atoms with van der Waals surface area (Å²) in [5.74, 6) is -0.111. The number of carbonyl (C=O) groups excluding carboxylic acids is 1. The van der Waals surface area contributed by atoms with Gasteiger partial charge in [-0.05, 0) is 8.32 Å². The smallest absolute Gasteiger partial charge is 0.302 e. The molecule has 185 valence electrons. The lowest BCUT2D eigenvalue weighted by atomic mass is 10.1. The predicted octanol–water partition coefficient (Wildman–Crippen LogP) is 4.56. The Kier molecular flexibility index (Phi) is 8.03. The van der Waals surface area contributed by atoms with E-state index in [9.17, 15) is 4.79 Å². The average molecular weight is 489 g/mol. The van der Waals surface area contributed by atoms with Crippen molar-refractivity contribution in [2.45, 2.75) is 52.4 Å². The van der Waals surface area contributed by atoms with Gasteiger partial charge in [0.25, 0.3) is 0 Å². The Balaban J connectivity index is 1.58. The number of halogens is 1. The number of hydrogen-bond acceptors (Lipinski definition) is 8. The van der Waals surface area contributed by atoms with Gasteiger partial charge in [-0.15, -0.1) is 18.1 Å². The van der Waals surface area contributed by atoms with Crippen LogP contribution in [0.3, 0.4) is 0 Å². The van der Waals surface area contributed by atoms with Gasteiger partial charge in [-0.25, -0.2) is 14.4 Å². The minimum Gasteiger partial charge on any atom is -0.561 e. The number of rotatable bonds is 9. The van der Waals surface area contributed by atoms with Crippen LogP contribution >= 0.6 is 0 Å². The second-order valence-electron chi connectivity index (χ2n) is 9.79. The molecule has 1 aliphatic rings. The standard InChI is InChI=1S/C24H33FN4O4Si/c1-17(30)31-10-11-32-28-20-14-29(15-20)23-26-12-19(13-27-23)21-9-7-8-18(22(21)25)16-33-34(5,6)24(2,3)4/h7-9,12-13H,10-11,14-16H2,1-6H3/q-1. The highest BCUT2D eigenvalue weighted by molar-refractivity contribution is 6.74. The molecule has 0 unspecified atom stereocenters. The molecule has 1 saturated heterocycles. The Labute approximate surface area is 201 Å². The predicted molar refractivity (Wildman–Crippen MR) is 132 cm³/mol. The number of benzene rings is 1. The van der Waals surface area contributed by atoms with Crippen LogP contribution in [0.4, 0.5) is 10.3 Å². The van der Waals surface area contributed by atoms with E-state index in [4.69, 9.17) is 14.0 Å². The van der Waals surface area contributed by atoms with Crippen LogP contribution < -0.4 is 4.90 Å². The van der Waals surface area contributed by atoms with Gasteiger partial charge < -0.3 is 18.9 Å². The fourth-order valence-corrected chi connectivity index (χ4v) is 3.91. The zero-order valence-electron chi connectivity index (χ0n) is 20.7. The number of ether oxygens (including phenoxy) is 1. The lowest BCUT2D eigenvalue weighted by Crippen LogP contribution is -2.48. The van der Waals surface area contributed by atoms with Crippen molar-refractivity contribution in [1.82, 2.24) is 9.97 Å². The number of anilines is 1. The Morgan fingerprint density at radius 1 is 1.18 bits per heavy atom. The first-order valence-corrected chi connectivity index (χ1v) is 14.2. The maximum Gasteiger partial charge on any atom is 0.302 e. The third-order valence-corrected chi connectivity index (χ3v) is 10.6. The molecule has 3 rings (SSSR count). The van der Waals surface area contributed by atoms with Gasteiger partial charge in [0, 0.05) is 42.6 Å². The number of oxime groups is 1. The number of aromatic nitrogens is 2. The molecule has 8 nitrogen and oxygen atoms in total. The van der Waals surface area contributed by atoms with Crippen molar-refractivity contribution >= 4 is 25.9 Å². The molecule has 0 bridgehead atoms. The third-order valence-electron chi connectivity index (χ3n) is 6.13. The normalized spacial score (nSPS) is 14.0. The first kappa shape index (κ1) is 25.8. The highest BCUT2D eigenvalue weighted by atomic mass is 28.4. The Bertz CT molecular complexity index is 1030. The monoisotopic (exact) mass is 488 g/mol. The van der Waals surface area contributed by atoms with E-state index in [2.05, 4.69) is 49.0 Å². The van der Waals surface area contributed by atoms with E-state index in [0.29, 0.717) is 35.7 Å². The molecule has 0 atom stereocenters. The lowest BCUT2D eigenvalue weighted by molar-refractivity contribution is -0.142. The van der Waals surface area contributed by atoms with Crippen LogP contribution in [-0.4, -0.2) is 56.3 Å². The van der Waals surface area contributed by atoms with E-state index in [-0.39, 0.29) is 36.6 Å². The molecule has 0 amide bonds. The summed E-state index contributed by atoms with van der Waals surface area (Å²) in [6, 6.07) is 5.32. The molecule has 0 N–H and O–H groups in total. The van der Waals surface area contributed by atoms with Gasteiger partial charge in [0.1, 0.15) is 12.4 Å². The summed E-state index contributed by atoms with van der Waals surface area (Å²) in [4.78, 5) is 26.6. The summed E-state index contributed by atoms with van der Waals surface area (Å²) in [7, 11) is -1.98. The lowest BCUT2D eigenvalue weighted by Gasteiger charge is -2.48. The first-order chi connectivity index (χ1) is 16.0. The number of esters is 1. The fourth-order valence-electron chi connectivity index (χ4n) is 2.97. The van der Waals surface area contributed by atoms with Crippen molar-refractivity contribution in [3.63, 3.8) is 0 Å². The van der Waals surface area contributed by atoms with E-state index < -0.39 is 8.32 Å². The van der Waals surface area contributed by atoms with Crippen molar-refractivity contribution in [2.75, 3.05) is 31.2 Å². The van der Waals surface area contributed by atoms with E-state index >= 15 is 4.39 Å². The molecule has 1 aliphatic heterocycles. The minimum atomic E-state index is -1.98. The average Bonchev–Trinajstić information content (AvgIpc) is 2.73. The molecule has 2 aromatic rings. The van der Waals surface area contributed by atoms with Gasteiger partial charge in [0.2, 0.25) is 5.95 Å². The third kappa shape index (κ3) is 6.38. The van der Waals surface area contributed by atoms with E-state index in [0.717, 1.165) is 5.71 Å². The van der Waals surface area contributed by atoms with Crippen molar-refractivity contribution in [2.24, 2.45) is 5.16 Å². The number of nitrogens with zero attached hydrogens (tertiary/aromatic N) is 4. The summed E-state index contributed by atoms with van der Waals surface area (Å²) < 4.78 is 26.2. The van der Waals surface area contributed by atoms with Crippen molar-refractivity contribution in [3.05, 3.63) is 42.0 Å². The van der Waals surface area contributed by atoms with E-state index in [1.807, 2.05) is 11.0 Å². The molecule has 1 aromatic heterocycles. The Morgan fingerprint density at radius 2 is 1.85 bits per heavy atom. The molecule has 0 spiro atoms.